The van der Waals surface area contributed by atoms with Crippen LogP contribution < -0.4 is 14.8 Å². The first-order valence-corrected chi connectivity index (χ1v) is 11.7. The van der Waals surface area contributed by atoms with E-state index in [0.717, 1.165) is 17.6 Å². The van der Waals surface area contributed by atoms with E-state index in [-0.39, 0.29) is 18.8 Å². The average molecular weight is 466 g/mol. The van der Waals surface area contributed by atoms with E-state index < -0.39 is 39.7 Å². The third kappa shape index (κ3) is 5.59. The Bertz CT molecular complexity index is 1130. The van der Waals surface area contributed by atoms with Crippen LogP contribution >= 0.6 is 0 Å². The van der Waals surface area contributed by atoms with E-state index in [0.29, 0.717) is 23.8 Å². The highest BCUT2D eigenvalue weighted by Gasteiger charge is 2.27. The van der Waals surface area contributed by atoms with Crippen LogP contribution in [0, 0.1) is 11.7 Å². The van der Waals surface area contributed by atoms with Gasteiger partial charge in [-0.25, -0.2) is 22.3 Å². The highest BCUT2D eigenvalue weighted by Crippen LogP contribution is 2.31. The highest BCUT2D eigenvalue weighted by molar-refractivity contribution is 7.88. The molecule has 2 aliphatic rings. The van der Waals surface area contributed by atoms with Crippen molar-refractivity contribution in [1.29, 1.82) is 0 Å². The van der Waals surface area contributed by atoms with Crippen molar-refractivity contribution in [2.45, 2.75) is 38.2 Å². The molecule has 2 fully saturated rings. The Labute approximate surface area is 184 Å². The van der Waals surface area contributed by atoms with Gasteiger partial charge in [-0.3, -0.25) is 10.1 Å². The van der Waals surface area contributed by atoms with Gasteiger partial charge >= 0.3 is 6.03 Å². The first-order chi connectivity index (χ1) is 15.2. The lowest BCUT2D eigenvalue weighted by Gasteiger charge is -2.16. The lowest BCUT2D eigenvalue weighted by atomic mass is 10.1. The molecule has 11 nitrogen and oxygen atoms in total. The molecule has 13 heteroatoms. The van der Waals surface area contributed by atoms with Crippen molar-refractivity contribution in [1.82, 2.24) is 29.9 Å². The van der Waals surface area contributed by atoms with E-state index in [1.54, 1.807) is 6.92 Å². The number of halogens is 1. The summed E-state index contributed by atoms with van der Waals surface area (Å²) in [4.78, 5) is 25.1. The van der Waals surface area contributed by atoms with Crippen molar-refractivity contribution in [3.63, 3.8) is 0 Å². The zero-order valence-corrected chi connectivity index (χ0v) is 18.1. The predicted octanol–water partition coefficient (Wildman–Crippen LogP) is 0.896. The van der Waals surface area contributed by atoms with E-state index in [9.17, 15) is 22.4 Å². The number of aromatic nitrogens is 3. The number of amides is 3. The molecule has 0 spiro atoms. The Morgan fingerprint density at radius 2 is 2.12 bits per heavy atom. The fraction of sp³-hybridized carbons (Fsp3) is 0.474. The number of nitrogens with one attached hydrogen (secondary N) is 2. The maximum atomic E-state index is 14.0. The zero-order chi connectivity index (χ0) is 22.9. The highest BCUT2D eigenvalue weighted by atomic mass is 32.2. The molecule has 1 saturated heterocycles. The molecule has 1 unspecified atom stereocenters. The SMILES string of the molecule is CC(NS(=O)(=O)Cn1ncc(CN2CC(=O)NC2=O)n1)c1ccc(F)c(OCC2CC2)c1. The molecule has 4 rings (SSSR count). The number of hydrogen-bond donors (Lipinski definition) is 2. The summed E-state index contributed by atoms with van der Waals surface area (Å²) in [6.45, 7) is 2.02. The van der Waals surface area contributed by atoms with Gasteiger partial charge in [0.25, 0.3) is 0 Å². The molecule has 1 aromatic heterocycles. The van der Waals surface area contributed by atoms with Crippen LogP contribution in [0.3, 0.4) is 0 Å². The van der Waals surface area contributed by atoms with Gasteiger partial charge in [-0.15, -0.1) is 0 Å². The third-order valence-electron chi connectivity index (χ3n) is 5.07. The molecule has 1 atom stereocenters. The lowest BCUT2D eigenvalue weighted by Crippen LogP contribution is -2.31. The maximum Gasteiger partial charge on any atom is 0.324 e. The molecular weight excluding hydrogens is 443 g/mol. The number of nitrogens with zero attached hydrogens (tertiary/aromatic N) is 4. The molecule has 1 saturated carbocycles. The fourth-order valence-corrected chi connectivity index (χ4v) is 4.37. The summed E-state index contributed by atoms with van der Waals surface area (Å²) in [5, 5.41) is 10.1. The Morgan fingerprint density at radius 3 is 2.81 bits per heavy atom. The van der Waals surface area contributed by atoms with Crippen molar-refractivity contribution < 1.29 is 27.1 Å². The van der Waals surface area contributed by atoms with Crippen LogP contribution in [0.2, 0.25) is 0 Å². The molecule has 2 aromatic rings. The zero-order valence-electron chi connectivity index (χ0n) is 17.3. The van der Waals surface area contributed by atoms with Crippen molar-refractivity contribution in [3.8, 4) is 5.75 Å². The number of carbonyl (C=O) groups excluding carboxylic acids is 2. The van der Waals surface area contributed by atoms with E-state index in [4.69, 9.17) is 4.74 Å². The van der Waals surface area contributed by atoms with Gasteiger partial charge in [0.15, 0.2) is 17.4 Å². The molecule has 172 valence electrons. The number of sulfonamides is 1. The minimum absolute atomic E-state index is 0.0284. The Hall–Kier alpha value is -3.06. The largest absolute Gasteiger partial charge is 0.490 e. The van der Waals surface area contributed by atoms with Gasteiger partial charge in [0.2, 0.25) is 15.9 Å². The van der Waals surface area contributed by atoms with Gasteiger partial charge in [0.1, 0.15) is 12.2 Å². The molecule has 3 amide bonds. The number of benzene rings is 1. The first kappa shape index (κ1) is 22.1. The van der Waals surface area contributed by atoms with Gasteiger partial charge in [-0.2, -0.15) is 15.0 Å². The van der Waals surface area contributed by atoms with Crippen molar-refractivity contribution in [3.05, 3.63) is 41.5 Å². The lowest BCUT2D eigenvalue weighted by molar-refractivity contribution is -0.118. The summed E-state index contributed by atoms with van der Waals surface area (Å²) in [7, 11) is -3.85. The van der Waals surface area contributed by atoms with Crippen LogP contribution in [0.4, 0.5) is 9.18 Å². The Balaban J connectivity index is 1.36. The minimum atomic E-state index is -3.85. The van der Waals surface area contributed by atoms with E-state index in [1.807, 2.05) is 0 Å². The Morgan fingerprint density at radius 1 is 1.34 bits per heavy atom. The summed E-state index contributed by atoms with van der Waals surface area (Å²) in [6, 6.07) is 3.07. The van der Waals surface area contributed by atoms with Gasteiger partial charge < -0.3 is 9.64 Å². The monoisotopic (exact) mass is 466 g/mol. The van der Waals surface area contributed by atoms with Crippen LogP contribution in [0.15, 0.2) is 24.4 Å². The van der Waals surface area contributed by atoms with Gasteiger partial charge in [-0.05, 0) is 43.4 Å². The van der Waals surface area contributed by atoms with Crippen LogP contribution in [0.1, 0.15) is 37.1 Å². The van der Waals surface area contributed by atoms with Crippen molar-refractivity contribution in [2.75, 3.05) is 13.2 Å². The van der Waals surface area contributed by atoms with Gasteiger partial charge in [0.05, 0.1) is 19.3 Å². The number of hydrogen-bond acceptors (Lipinski definition) is 7. The second-order valence-electron chi connectivity index (χ2n) is 7.95. The van der Waals surface area contributed by atoms with Crippen LogP contribution in [-0.4, -0.2) is 53.4 Å². The summed E-state index contributed by atoms with van der Waals surface area (Å²) >= 11 is 0. The number of rotatable bonds is 10. The normalized spacial score (nSPS) is 17.5. The molecule has 0 radical (unpaired) electrons. The second-order valence-corrected chi connectivity index (χ2v) is 9.67. The standard InChI is InChI=1S/C19H23FN6O5S/c1-12(14-4-5-16(20)17(6-14)31-10-13-2-3-13)24-32(29,30)11-26-21-7-15(23-26)8-25-9-18(27)22-19(25)28/h4-7,12-13,24H,2-3,8-11H2,1H3,(H,22,27,28). The van der Waals surface area contributed by atoms with Crippen LogP contribution in [-0.2, 0) is 27.2 Å². The topological polar surface area (TPSA) is 136 Å². The van der Waals surface area contributed by atoms with Crippen molar-refractivity contribution in [2.24, 2.45) is 5.92 Å². The molecule has 1 aliphatic heterocycles. The summed E-state index contributed by atoms with van der Waals surface area (Å²) in [6.07, 6.45) is 3.48. The number of carbonyl (C=O) groups is 2. The molecule has 32 heavy (non-hydrogen) atoms. The van der Waals surface area contributed by atoms with E-state index in [2.05, 4.69) is 20.2 Å². The molecular formula is C19H23FN6O5S. The Kier molecular flexibility index (Phi) is 6.11. The quantitative estimate of drug-likeness (QED) is 0.497. The van der Waals surface area contributed by atoms with E-state index in [1.165, 1.54) is 29.3 Å². The van der Waals surface area contributed by atoms with E-state index >= 15 is 0 Å². The molecule has 0 bridgehead atoms. The average Bonchev–Trinajstić information content (AvgIpc) is 3.36. The summed E-state index contributed by atoms with van der Waals surface area (Å²) in [5.41, 5.74) is 0.897. The predicted molar refractivity (Wildman–Crippen MR) is 109 cm³/mol. The number of urea groups is 1. The number of imide groups is 1. The van der Waals surface area contributed by atoms with Crippen molar-refractivity contribution >= 4 is 22.0 Å². The molecule has 1 aromatic carbocycles. The second kappa shape index (κ2) is 8.82. The maximum absolute atomic E-state index is 14.0. The number of ether oxygens (including phenoxy) is 1. The van der Waals surface area contributed by atoms with Gasteiger partial charge in [0, 0.05) is 6.04 Å². The molecule has 1 aliphatic carbocycles. The van der Waals surface area contributed by atoms with Gasteiger partial charge in [-0.1, -0.05) is 6.07 Å². The molecule has 2 heterocycles. The first-order valence-electron chi connectivity index (χ1n) is 10.1. The van der Waals surface area contributed by atoms with Crippen LogP contribution in [0.25, 0.3) is 0 Å². The summed E-state index contributed by atoms with van der Waals surface area (Å²) < 4.78 is 47.2. The van der Waals surface area contributed by atoms with Crippen LogP contribution in [0.5, 0.6) is 5.75 Å². The molecule has 2 N–H and O–H groups in total. The fourth-order valence-electron chi connectivity index (χ4n) is 3.19. The third-order valence-corrected chi connectivity index (χ3v) is 6.36. The minimum Gasteiger partial charge on any atom is -0.490 e. The smallest absolute Gasteiger partial charge is 0.324 e. The summed E-state index contributed by atoms with van der Waals surface area (Å²) in [5.74, 6) is -0.894.